The predicted octanol–water partition coefficient (Wildman–Crippen LogP) is 2.71. The second kappa shape index (κ2) is 10.8. The van der Waals surface area contributed by atoms with Crippen molar-refractivity contribution in [1.82, 2.24) is 15.5 Å². The average Bonchev–Trinajstić information content (AvgIpc) is 2.75. The van der Waals surface area contributed by atoms with Crippen molar-refractivity contribution in [2.75, 3.05) is 40.0 Å². The summed E-state index contributed by atoms with van der Waals surface area (Å²) < 4.78 is 10.9. The lowest BCUT2D eigenvalue weighted by molar-refractivity contribution is 0.0341. The molecule has 1 fully saturated rings. The lowest BCUT2D eigenvalue weighted by Crippen LogP contribution is -2.38. The van der Waals surface area contributed by atoms with Crippen LogP contribution in [0.5, 0.6) is 0 Å². The molecule has 1 saturated heterocycles. The third kappa shape index (κ3) is 6.05. The fraction of sp³-hybridized carbons (Fsp3) is 0.409. The van der Waals surface area contributed by atoms with Gasteiger partial charge in [-0.3, -0.25) is 4.90 Å². The number of carbonyl (C=O) groups excluding carboxylic acids is 1. The van der Waals surface area contributed by atoms with E-state index < -0.39 is 0 Å². The summed E-state index contributed by atoms with van der Waals surface area (Å²) in [5, 5.41) is 5.86. The Morgan fingerprint density at radius 1 is 1.04 bits per heavy atom. The molecule has 1 atom stereocenters. The van der Waals surface area contributed by atoms with E-state index in [-0.39, 0.29) is 12.1 Å². The van der Waals surface area contributed by atoms with Crippen LogP contribution in [0.15, 0.2) is 54.6 Å². The Bertz CT molecular complexity index is 733. The summed E-state index contributed by atoms with van der Waals surface area (Å²) >= 11 is 0. The molecule has 6 heteroatoms. The first kappa shape index (κ1) is 20.3. The molecule has 150 valence electrons. The molecule has 28 heavy (non-hydrogen) atoms. The number of nitrogens with one attached hydrogen (secondary N) is 2. The standard InChI is InChI=1S/C22H29N3O3/c1-27-21(18-7-3-2-4-8-18)16-24-22(26)23-15-19-9-5-6-10-20(19)17-25-11-13-28-14-12-25/h2-10,21H,11-17H2,1H3,(H2,23,24,26). The first-order valence-electron chi connectivity index (χ1n) is 9.72. The van der Waals surface area contributed by atoms with Gasteiger partial charge in [0.05, 0.1) is 19.3 Å². The second-order valence-corrected chi connectivity index (χ2v) is 6.86. The van der Waals surface area contributed by atoms with E-state index in [2.05, 4.69) is 27.7 Å². The van der Waals surface area contributed by atoms with Crippen LogP contribution in [0, 0.1) is 0 Å². The number of methoxy groups -OCH3 is 1. The topological polar surface area (TPSA) is 62.8 Å². The Balaban J connectivity index is 1.49. The van der Waals surface area contributed by atoms with Crippen LogP contribution < -0.4 is 10.6 Å². The molecule has 1 aliphatic heterocycles. The van der Waals surface area contributed by atoms with Gasteiger partial charge < -0.3 is 20.1 Å². The van der Waals surface area contributed by atoms with Crippen LogP contribution in [-0.4, -0.2) is 50.9 Å². The third-order valence-corrected chi connectivity index (χ3v) is 4.96. The van der Waals surface area contributed by atoms with Crippen molar-refractivity contribution in [2.24, 2.45) is 0 Å². The van der Waals surface area contributed by atoms with Gasteiger partial charge in [0.25, 0.3) is 0 Å². The van der Waals surface area contributed by atoms with Crippen molar-refractivity contribution >= 4 is 6.03 Å². The van der Waals surface area contributed by atoms with E-state index in [0.717, 1.165) is 44.0 Å². The minimum Gasteiger partial charge on any atom is -0.379 e. The molecular weight excluding hydrogens is 354 g/mol. The maximum Gasteiger partial charge on any atom is 0.315 e. The zero-order chi connectivity index (χ0) is 19.6. The van der Waals surface area contributed by atoms with E-state index in [1.807, 2.05) is 42.5 Å². The van der Waals surface area contributed by atoms with Crippen LogP contribution in [0.1, 0.15) is 22.8 Å². The van der Waals surface area contributed by atoms with Crippen LogP contribution >= 0.6 is 0 Å². The molecule has 0 aliphatic carbocycles. The van der Waals surface area contributed by atoms with Gasteiger partial charge in [0.2, 0.25) is 0 Å². The molecule has 1 aliphatic rings. The molecule has 2 aromatic rings. The minimum atomic E-state index is -0.195. The van der Waals surface area contributed by atoms with Gasteiger partial charge in [0.15, 0.2) is 0 Å². The fourth-order valence-corrected chi connectivity index (χ4v) is 3.31. The highest BCUT2D eigenvalue weighted by atomic mass is 16.5. The van der Waals surface area contributed by atoms with E-state index in [4.69, 9.17) is 9.47 Å². The quantitative estimate of drug-likeness (QED) is 0.736. The van der Waals surface area contributed by atoms with Gasteiger partial charge in [0, 0.05) is 39.8 Å². The number of hydrogen-bond acceptors (Lipinski definition) is 4. The molecule has 2 N–H and O–H groups in total. The van der Waals surface area contributed by atoms with Gasteiger partial charge in [0.1, 0.15) is 0 Å². The maximum absolute atomic E-state index is 12.3. The van der Waals surface area contributed by atoms with Gasteiger partial charge in [-0.15, -0.1) is 0 Å². The van der Waals surface area contributed by atoms with Gasteiger partial charge in [-0.2, -0.15) is 0 Å². The number of rotatable bonds is 8. The number of morpholine rings is 1. The van der Waals surface area contributed by atoms with Crippen LogP contribution in [0.25, 0.3) is 0 Å². The predicted molar refractivity (Wildman–Crippen MR) is 109 cm³/mol. The van der Waals surface area contributed by atoms with E-state index in [1.165, 1.54) is 5.56 Å². The van der Waals surface area contributed by atoms with Gasteiger partial charge >= 0.3 is 6.03 Å². The molecule has 2 aromatic carbocycles. The van der Waals surface area contributed by atoms with Crippen molar-refractivity contribution in [1.29, 1.82) is 0 Å². The number of ether oxygens (including phenoxy) is 2. The van der Waals surface area contributed by atoms with Crippen LogP contribution in [0.2, 0.25) is 0 Å². The first-order valence-corrected chi connectivity index (χ1v) is 9.72. The van der Waals surface area contributed by atoms with Crippen molar-refractivity contribution in [3.63, 3.8) is 0 Å². The zero-order valence-electron chi connectivity index (χ0n) is 16.4. The summed E-state index contributed by atoms with van der Waals surface area (Å²) in [4.78, 5) is 14.6. The molecule has 0 spiro atoms. The molecule has 6 nitrogen and oxygen atoms in total. The molecule has 0 bridgehead atoms. The fourth-order valence-electron chi connectivity index (χ4n) is 3.31. The summed E-state index contributed by atoms with van der Waals surface area (Å²) in [5.41, 5.74) is 3.42. The monoisotopic (exact) mass is 383 g/mol. The highest BCUT2D eigenvalue weighted by molar-refractivity contribution is 5.73. The molecule has 1 heterocycles. The number of amides is 2. The highest BCUT2D eigenvalue weighted by Crippen LogP contribution is 2.15. The lowest BCUT2D eigenvalue weighted by Gasteiger charge is -2.27. The summed E-state index contributed by atoms with van der Waals surface area (Å²) in [5.74, 6) is 0. The molecule has 3 rings (SSSR count). The Kier molecular flexibility index (Phi) is 7.84. The van der Waals surface area contributed by atoms with Crippen LogP contribution in [-0.2, 0) is 22.6 Å². The number of benzene rings is 2. The summed E-state index contributed by atoms with van der Waals surface area (Å²) in [7, 11) is 1.65. The minimum absolute atomic E-state index is 0.166. The van der Waals surface area contributed by atoms with Crippen LogP contribution in [0.4, 0.5) is 4.79 Å². The zero-order valence-corrected chi connectivity index (χ0v) is 16.4. The molecule has 2 amide bonds. The van der Waals surface area contributed by atoms with Crippen molar-refractivity contribution in [2.45, 2.75) is 19.2 Å². The Morgan fingerprint density at radius 3 is 2.43 bits per heavy atom. The van der Waals surface area contributed by atoms with Gasteiger partial charge in [-0.25, -0.2) is 4.79 Å². The van der Waals surface area contributed by atoms with E-state index in [9.17, 15) is 4.79 Å². The smallest absolute Gasteiger partial charge is 0.315 e. The van der Waals surface area contributed by atoms with Gasteiger partial charge in [-0.05, 0) is 16.7 Å². The lowest BCUT2D eigenvalue weighted by atomic mass is 10.1. The van der Waals surface area contributed by atoms with E-state index in [1.54, 1.807) is 7.11 Å². The summed E-state index contributed by atoms with van der Waals surface area (Å²) in [6.45, 7) is 5.25. The van der Waals surface area contributed by atoms with Crippen molar-refractivity contribution < 1.29 is 14.3 Å². The van der Waals surface area contributed by atoms with E-state index >= 15 is 0 Å². The number of urea groups is 1. The number of hydrogen-bond donors (Lipinski definition) is 2. The van der Waals surface area contributed by atoms with Crippen LogP contribution in [0.3, 0.4) is 0 Å². The van der Waals surface area contributed by atoms with Crippen molar-refractivity contribution in [3.05, 3.63) is 71.3 Å². The molecule has 1 unspecified atom stereocenters. The summed E-state index contributed by atoms with van der Waals surface area (Å²) in [6, 6.07) is 17.9. The largest absolute Gasteiger partial charge is 0.379 e. The van der Waals surface area contributed by atoms with Crippen molar-refractivity contribution in [3.8, 4) is 0 Å². The number of nitrogens with zero attached hydrogens (tertiary/aromatic N) is 1. The number of carbonyl (C=O) groups is 1. The third-order valence-electron chi connectivity index (χ3n) is 4.96. The normalized spacial score (nSPS) is 15.8. The SMILES string of the molecule is COC(CNC(=O)NCc1ccccc1CN1CCOCC1)c1ccccc1. The average molecular weight is 383 g/mol. The Labute approximate surface area is 166 Å². The molecule has 0 saturated carbocycles. The summed E-state index contributed by atoms with van der Waals surface area (Å²) in [6.07, 6.45) is -0.166. The highest BCUT2D eigenvalue weighted by Gasteiger charge is 2.14. The molecule has 0 aromatic heterocycles. The van der Waals surface area contributed by atoms with E-state index in [0.29, 0.717) is 13.1 Å². The Hall–Kier alpha value is -2.41. The molecule has 0 radical (unpaired) electrons. The van der Waals surface area contributed by atoms with Gasteiger partial charge in [-0.1, -0.05) is 54.6 Å². The first-order chi connectivity index (χ1) is 13.8. The Morgan fingerprint density at radius 2 is 1.71 bits per heavy atom. The maximum atomic E-state index is 12.3. The molecular formula is C22H29N3O3. The second-order valence-electron chi connectivity index (χ2n) is 6.86.